The van der Waals surface area contributed by atoms with Crippen molar-refractivity contribution in [2.75, 3.05) is 11.9 Å². The van der Waals surface area contributed by atoms with Crippen LogP contribution < -0.4 is 11.1 Å². The summed E-state index contributed by atoms with van der Waals surface area (Å²) in [5.74, 6) is 0.593. The molecule has 1 aromatic rings. The molecule has 1 rings (SSSR count). The van der Waals surface area contributed by atoms with E-state index in [9.17, 15) is 4.79 Å². The van der Waals surface area contributed by atoms with Crippen LogP contribution in [0.4, 0.5) is 5.88 Å². The number of hydrogen-bond acceptors (Lipinski definition) is 4. The highest BCUT2D eigenvalue weighted by Gasteiger charge is 2.14. The first kappa shape index (κ1) is 12.7. The molecule has 0 aromatic carbocycles. The molecule has 1 aromatic heterocycles. The molecule has 90 valence electrons. The number of carbonyl (C=O) groups excluding carboxylic acids is 1. The van der Waals surface area contributed by atoms with Crippen LogP contribution in [0, 0.1) is 19.8 Å². The second-order valence-electron chi connectivity index (χ2n) is 3.98. The Balaban J connectivity index is 2.55. The van der Waals surface area contributed by atoms with Crippen LogP contribution in [-0.2, 0) is 4.79 Å². The van der Waals surface area contributed by atoms with Gasteiger partial charge in [0.25, 0.3) is 0 Å². The SMILES string of the molecule is CCC(CN)CC(=O)Nc1onc(C)c1C. The predicted octanol–water partition coefficient (Wildman–Crippen LogP) is 1.60. The van der Waals surface area contributed by atoms with Gasteiger partial charge in [0, 0.05) is 12.0 Å². The van der Waals surface area contributed by atoms with E-state index in [1.54, 1.807) is 0 Å². The van der Waals surface area contributed by atoms with E-state index in [-0.39, 0.29) is 11.8 Å². The summed E-state index contributed by atoms with van der Waals surface area (Å²) < 4.78 is 5.00. The zero-order chi connectivity index (χ0) is 12.1. The Labute approximate surface area is 95.4 Å². The molecule has 0 bridgehead atoms. The summed E-state index contributed by atoms with van der Waals surface area (Å²) in [7, 11) is 0. The van der Waals surface area contributed by atoms with Gasteiger partial charge in [-0.1, -0.05) is 18.5 Å². The number of aromatic nitrogens is 1. The Hall–Kier alpha value is -1.36. The molecule has 5 nitrogen and oxygen atoms in total. The Morgan fingerprint density at radius 3 is 2.69 bits per heavy atom. The molecule has 0 saturated heterocycles. The van der Waals surface area contributed by atoms with E-state index in [0.717, 1.165) is 17.7 Å². The van der Waals surface area contributed by atoms with E-state index in [1.165, 1.54) is 0 Å². The van der Waals surface area contributed by atoms with Gasteiger partial charge in [-0.3, -0.25) is 10.1 Å². The van der Waals surface area contributed by atoms with Gasteiger partial charge >= 0.3 is 0 Å². The summed E-state index contributed by atoms with van der Waals surface area (Å²) in [5, 5.41) is 6.48. The highest BCUT2D eigenvalue weighted by molar-refractivity contribution is 5.90. The molecular formula is C11H19N3O2. The van der Waals surface area contributed by atoms with Crippen LogP contribution in [0.2, 0.25) is 0 Å². The number of nitrogens with zero attached hydrogens (tertiary/aromatic N) is 1. The van der Waals surface area contributed by atoms with Gasteiger partial charge in [-0.2, -0.15) is 0 Å². The van der Waals surface area contributed by atoms with Crippen molar-refractivity contribution in [3.8, 4) is 0 Å². The van der Waals surface area contributed by atoms with E-state index in [1.807, 2.05) is 20.8 Å². The molecule has 1 amide bonds. The van der Waals surface area contributed by atoms with Gasteiger partial charge in [0.1, 0.15) is 0 Å². The lowest BCUT2D eigenvalue weighted by Crippen LogP contribution is -2.21. The molecule has 3 N–H and O–H groups in total. The van der Waals surface area contributed by atoms with Crippen molar-refractivity contribution < 1.29 is 9.32 Å². The topological polar surface area (TPSA) is 81.2 Å². The van der Waals surface area contributed by atoms with Crippen LogP contribution in [0.3, 0.4) is 0 Å². The molecule has 0 radical (unpaired) electrons. The Morgan fingerprint density at radius 1 is 1.56 bits per heavy atom. The fraction of sp³-hybridized carbons (Fsp3) is 0.636. The summed E-state index contributed by atoms with van der Waals surface area (Å²) >= 11 is 0. The Morgan fingerprint density at radius 2 is 2.25 bits per heavy atom. The molecule has 0 fully saturated rings. The van der Waals surface area contributed by atoms with Gasteiger partial charge < -0.3 is 10.3 Å². The van der Waals surface area contributed by atoms with Crippen LogP contribution in [0.25, 0.3) is 0 Å². The smallest absolute Gasteiger partial charge is 0.234 e. The van der Waals surface area contributed by atoms with Gasteiger partial charge in [0.05, 0.1) is 5.69 Å². The summed E-state index contributed by atoms with van der Waals surface area (Å²) in [5.41, 5.74) is 7.21. The summed E-state index contributed by atoms with van der Waals surface area (Å²) in [6.45, 7) is 6.25. The van der Waals surface area contributed by atoms with Crippen molar-refractivity contribution in [1.82, 2.24) is 5.16 Å². The van der Waals surface area contributed by atoms with Crippen LogP contribution in [0.15, 0.2) is 4.52 Å². The molecule has 0 aliphatic carbocycles. The maximum atomic E-state index is 11.6. The number of aryl methyl sites for hydroxylation is 1. The first-order valence-corrected chi connectivity index (χ1v) is 5.51. The Kier molecular flexibility index (Phi) is 4.49. The number of amides is 1. The van der Waals surface area contributed by atoms with E-state index in [4.69, 9.17) is 10.3 Å². The molecule has 0 saturated carbocycles. The fourth-order valence-corrected chi connectivity index (χ4v) is 1.37. The average Bonchev–Trinajstić information content (AvgIpc) is 2.58. The third-order valence-corrected chi connectivity index (χ3v) is 2.79. The molecular weight excluding hydrogens is 206 g/mol. The minimum atomic E-state index is -0.0726. The zero-order valence-corrected chi connectivity index (χ0v) is 10.0. The van der Waals surface area contributed by atoms with Crippen molar-refractivity contribution >= 4 is 11.8 Å². The van der Waals surface area contributed by atoms with Crippen molar-refractivity contribution in [3.63, 3.8) is 0 Å². The molecule has 1 unspecified atom stereocenters. The average molecular weight is 225 g/mol. The summed E-state index contributed by atoms with van der Waals surface area (Å²) in [6, 6.07) is 0. The second-order valence-corrected chi connectivity index (χ2v) is 3.98. The minimum Gasteiger partial charge on any atom is -0.338 e. The highest BCUT2D eigenvalue weighted by atomic mass is 16.5. The largest absolute Gasteiger partial charge is 0.338 e. The zero-order valence-electron chi connectivity index (χ0n) is 10.0. The molecule has 5 heteroatoms. The van der Waals surface area contributed by atoms with Gasteiger partial charge in [-0.25, -0.2) is 0 Å². The lowest BCUT2D eigenvalue weighted by Gasteiger charge is -2.10. The van der Waals surface area contributed by atoms with Crippen molar-refractivity contribution in [2.45, 2.75) is 33.6 Å². The third kappa shape index (κ3) is 3.06. The fourth-order valence-electron chi connectivity index (χ4n) is 1.37. The van der Waals surface area contributed by atoms with Crippen molar-refractivity contribution in [3.05, 3.63) is 11.3 Å². The monoisotopic (exact) mass is 225 g/mol. The molecule has 1 heterocycles. The maximum absolute atomic E-state index is 11.6. The molecule has 0 aliphatic heterocycles. The van der Waals surface area contributed by atoms with Gasteiger partial charge in [-0.05, 0) is 26.3 Å². The quantitative estimate of drug-likeness (QED) is 0.797. The predicted molar refractivity (Wildman–Crippen MR) is 62.1 cm³/mol. The molecule has 0 aliphatic rings. The molecule has 0 spiro atoms. The lowest BCUT2D eigenvalue weighted by molar-refractivity contribution is -0.117. The van der Waals surface area contributed by atoms with Crippen LogP contribution in [0.5, 0.6) is 0 Å². The highest BCUT2D eigenvalue weighted by Crippen LogP contribution is 2.18. The number of carbonyl (C=O) groups is 1. The first-order chi connectivity index (χ1) is 7.58. The standard InChI is InChI=1S/C11H19N3O2/c1-4-9(6-12)5-10(15)13-11-7(2)8(3)14-16-11/h9H,4-6,12H2,1-3H3,(H,13,15). The van der Waals surface area contributed by atoms with Crippen molar-refractivity contribution in [2.24, 2.45) is 11.7 Å². The number of rotatable bonds is 5. The first-order valence-electron chi connectivity index (χ1n) is 5.51. The number of anilines is 1. The normalized spacial score (nSPS) is 12.5. The summed E-state index contributed by atoms with van der Waals surface area (Å²) in [6.07, 6.45) is 1.32. The van der Waals surface area contributed by atoms with Crippen LogP contribution >= 0.6 is 0 Å². The van der Waals surface area contributed by atoms with Gasteiger partial charge in [-0.15, -0.1) is 0 Å². The maximum Gasteiger partial charge on any atom is 0.234 e. The van der Waals surface area contributed by atoms with E-state index >= 15 is 0 Å². The molecule has 1 atom stereocenters. The molecule has 16 heavy (non-hydrogen) atoms. The van der Waals surface area contributed by atoms with Gasteiger partial charge in [0.15, 0.2) is 0 Å². The Bertz CT molecular complexity index is 356. The second kappa shape index (κ2) is 5.65. The van der Waals surface area contributed by atoms with E-state index < -0.39 is 0 Å². The number of nitrogens with one attached hydrogen (secondary N) is 1. The third-order valence-electron chi connectivity index (χ3n) is 2.79. The van der Waals surface area contributed by atoms with Crippen LogP contribution in [0.1, 0.15) is 31.0 Å². The van der Waals surface area contributed by atoms with Gasteiger partial charge in [0.2, 0.25) is 11.8 Å². The van der Waals surface area contributed by atoms with Crippen LogP contribution in [-0.4, -0.2) is 17.6 Å². The summed E-state index contributed by atoms with van der Waals surface area (Å²) in [4.78, 5) is 11.6. The lowest BCUT2D eigenvalue weighted by atomic mass is 10.0. The van der Waals surface area contributed by atoms with E-state index in [2.05, 4.69) is 10.5 Å². The van der Waals surface area contributed by atoms with Crippen molar-refractivity contribution in [1.29, 1.82) is 0 Å². The van der Waals surface area contributed by atoms with E-state index in [0.29, 0.717) is 18.8 Å². The minimum absolute atomic E-state index is 0.0726. The number of nitrogens with two attached hydrogens (primary N) is 1. The number of hydrogen-bond donors (Lipinski definition) is 2.